The smallest absolute Gasteiger partial charge is 0.209 e. The Kier molecular flexibility index (Phi) is 6.58. The number of para-hydroxylation sites is 2. The molecule has 0 spiro atoms. The van der Waals surface area contributed by atoms with Gasteiger partial charge in [0, 0.05) is 68.4 Å². The minimum atomic E-state index is -0.379. The first kappa shape index (κ1) is 29.9. The zero-order valence-electron chi connectivity index (χ0n) is 27.9. The second-order valence-corrected chi connectivity index (χ2v) is 14.4. The highest BCUT2D eigenvalue weighted by Gasteiger charge is 2.49. The highest BCUT2D eigenvalue weighted by molar-refractivity contribution is 6.33. The fourth-order valence-electron chi connectivity index (χ4n) is 7.94. The topological polar surface area (TPSA) is 60.6 Å². The Bertz CT molecular complexity index is 2040. The molecule has 2 aliphatic heterocycles. The Labute approximate surface area is 271 Å². The summed E-state index contributed by atoms with van der Waals surface area (Å²) in [6.45, 7) is 17.3. The maximum Gasteiger partial charge on any atom is 0.209 e. The van der Waals surface area contributed by atoms with Gasteiger partial charge in [0.25, 0.3) is 0 Å². The van der Waals surface area contributed by atoms with Crippen molar-refractivity contribution in [2.45, 2.75) is 78.3 Å². The van der Waals surface area contributed by atoms with Gasteiger partial charge in [-0.25, -0.2) is 0 Å². The molecule has 232 valence electrons. The third-order valence-electron chi connectivity index (χ3n) is 10.2. The number of nitrogens with zero attached hydrogens (tertiary/aromatic N) is 2. The van der Waals surface area contributed by atoms with Crippen LogP contribution in [0.1, 0.15) is 82.4 Å². The van der Waals surface area contributed by atoms with E-state index in [0.717, 1.165) is 22.8 Å². The molecular weight excluding hydrogens is 568 g/mol. The summed E-state index contributed by atoms with van der Waals surface area (Å²) < 4.78 is 2.29. The molecule has 0 unspecified atom stereocenters. The lowest BCUT2D eigenvalue weighted by Crippen LogP contribution is -2.35. The van der Waals surface area contributed by atoms with Crippen molar-refractivity contribution in [3.8, 4) is 0 Å². The largest absolute Gasteiger partial charge is 0.507 e. The molecule has 5 heteroatoms. The van der Waals surface area contributed by atoms with Gasteiger partial charge in [0.05, 0.1) is 11.0 Å². The number of rotatable bonds is 5. The minimum Gasteiger partial charge on any atom is -0.507 e. The molecule has 3 aromatic rings. The summed E-state index contributed by atoms with van der Waals surface area (Å²) >= 11 is 0. The molecule has 2 heterocycles. The lowest BCUT2D eigenvalue weighted by Gasteiger charge is -2.33. The first-order valence-electron chi connectivity index (χ1n) is 16.2. The number of hydrogen-bond acceptors (Lipinski definition) is 4. The Morgan fingerprint density at radius 3 is 1.98 bits per heavy atom. The van der Waals surface area contributed by atoms with E-state index >= 15 is 0 Å². The average molecular weight is 610 g/mol. The molecule has 7 rings (SSSR count). The lowest BCUT2D eigenvalue weighted by molar-refractivity contribution is -0.472. The summed E-state index contributed by atoms with van der Waals surface area (Å²) in [5.74, 6) is -0.448. The van der Waals surface area contributed by atoms with Gasteiger partial charge in [0.1, 0.15) is 5.76 Å². The average Bonchev–Trinajstić information content (AvgIpc) is 3.51. The van der Waals surface area contributed by atoms with Crippen molar-refractivity contribution in [2.75, 3.05) is 4.90 Å². The van der Waals surface area contributed by atoms with Gasteiger partial charge in [0.15, 0.2) is 23.3 Å². The van der Waals surface area contributed by atoms with Crippen LogP contribution in [0.5, 0.6) is 0 Å². The monoisotopic (exact) mass is 609 g/mol. The van der Waals surface area contributed by atoms with Gasteiger partial charge >= 0.3 is 0 Å². The van der Waals surface area contributed by atoms with Crippen molar-refractivity contribution in [2.24, 2.45) is 0 Å². The number of anilines is 1. The lowest BCUT2D eigenvalue weighted by atomic mass is 9.72. The fourth-order valence-corrected chi connectivity index (χ4v) is 7.94. The van der Waals surface area contributed by atoms with Crippen molar-refractivity contribution in [1.82, 2.24) is 0 Å². The van der Waals surface area contributed by atoms with Gasteiger partial charge in [0.2, 0.25) is 5.69 Å². The number of carbonyl (C=O) groups is 2. The van der Waals surface area contributed by atoms with E-state index < -0.39 is 0 Å². The van der Waals surface area contributed by atoms with Crippen molar-refractivity contribution in [3.63, 3.8) is 0 Å². The minimum absolute atomic E-state index is 0.0701. The highest BCUT2D eigenvalue weighted by Crippen LogP contribution is 2.52. The molecule has 3 aromatic carbocycles. The molecular formula is C41H41N2O3+. The Morgan fingerprint density at radius 2 is 1.33 bits per heavy atom. The van der Waals surface area contributed by atoms with Crippen molar-refractivity contribution < 1.29 is 19.3 Å². The zero-order chi connectivity index (χ0) is 32.9. The van der Waals surface area contributed by atoms with E-state index in [1.165, 1.54) is 11.1 Å². The Balaban J connectivity index is 1.49. The van der Waals surface area contributed by atoms with Crippen molar-refractivity contribution in [3.05, 3.63) is 135 Å². The summed E-state index contributed by atoms with van der Waals surface area (Å²) in [6, 6.07) is 24.2. The van der Waals surface area contributed by atoms with Gasteiger partial charge in [-0.05, 0) is 59.2 Å². The van der Waals surface area contributed by atoms with Crippen LogP contribution in [-0.4, -0.2) is 39.0 Å². The van der Waals surface area contributed by atoms with E-state index in [2.05, 4.69) is 101 Å². The third kappa shape index (κ3) is 3.97. The van der Waals surface area contributed by atoms with E-state index in [4.69, 9.17) is 0 Å². The number of ketones is 2. The zero-order valence-corrected chi connectivity index (χ0v) is 27.9. The van der Waals surface area contributed by atoms with Gasteiger partial charge in [-0.1, -0.05) is 74.5 Å². The standard InChI is InChI=1S/C41H40N2O3/c1-23(2)42-31-19-13-11-17-29(31)40(5,6)33(42)21-27-35(36-38(45)25-15-9-10-16-26(25)39(36)46)28(37(27)44)22-34-41(7,8)30-18-12-14-20-32(30)43(34)24(3)4/h9-24H,1-8H3/p+1. The maximum atomic E-state index is 14.5. The highest BCUT2D eigenvalue weighted by atomic mass is 16.3. The summed E-state index contributed by atoms with van der Waals surface area (Å²) in [4.78, 5) is 30.8. The molecule has 46 heavy (non-hydrogen) atoms. The van der Waals surface area contributed by atoms with Crippen LogP contribution in [-0.2, 0) is 15.6 Å². The van der Waals surface area contributed by atoms with Crippen LogP contribution in [0.3, 0.4) is 0 Å². The number of hydrogen-bond donors (Lipinski definition) is 1. The van der Waals surface area contributed by atoms with Crippen LogP contribution in [0.4, 0.5) is 11.4 Å². The second-order valence-electron chi connectivity index (χ2n) is 14.4. The van der Waals surface area contributed by atoms with E-state index in [1.807, 2.05) is 30.4 Å². The van der Waals surface area contributed by atoms with Crippen LogP contribution in [0.15, 0.2) is 113 Å². The molecule has 0 aromatic heterocycles. The third-order valence-corrected chi connectivity index (χ3v) is 10.2. The normalized spacial score (nSPS) is 21.3. The molecule has 0 amide bonds. The summed E-state index contributed by atoms with van der Waals surface area (Å²) in [5.41, 5.74) is 8.47. The van der Waals surface area contributed by atoms with E-state index in [9.17, 15) is 14.7 Å². The molecule has 2 aliphatic carbocycles. The number of allylic oxidation sites excluding steroid dienone is 7. The number of benzene rings is 3. The molecule has 0 radical (unpaired) electrons. The van der Waals surface area contributed by atoms with Crippen molar-refractivity contribution >= 4 is 34.4 Å². The Hall–Kier alpha value is -4.77. The van der Waals surface area contributed by atoms with Gasteiger partial charge < -0.3 is 10.0 Å². The summed E-state index contributed by atoms with van der Waals surface area (Å²) in [7, 11) is 0. The molecule has 0 saturated heterocycles. The predicted molar refractivity (Wildman–Crippen MR) is 185 cm³/mol. The quantitative estimate of drug-likeness (QED) is 0.233. The van der Waals surface area contributed by atoms with Gasteiger partial charge in [-0.15, -0.1) is 0 Å². The van der Waals surface area contributed by atoms with Crippen molar-refractivity contribution in [1.29, 1.82) is 0 Å². The summed E-state index contributed by atoms with van der Waals surface area (Å²) in [6.07, 6.45) is 3.95. The van der Waals surface area contributed by atoms with Gasteiger partial charge in [-0.3, -0.25) is 9.59 Å². The number of aliphatic hydroxyl groups excluding tert-OH is 1. The molecule has 5 nitrogen and oxygen atoms in total. The molecule has 0 fully saturated rings. The predicted octanol–water partition coefficient (Wildman–Crippen LogP) is 8.53. The number of carbonyl (C=O) groups excluding carboxylic acids is 2. The molecule has 0 saturated carbocycles. The summed E-state index contributed by atoms with van der Waals surface area (Å²) in [5, 5.41) is 11.6. The molecule has 1 N–H and O–H groups in total. The first-order valence-corrected chi connectivity index (χ1v) is 16.2. The molecule has 0 bridgehead atoms. The van der Waals surface area contributed by atoms with E-state index in [0.29, 0.717) is 27.8 Å². The molecule has 4 aliphatic rings. The second kappa shape index (κ2) is 10.1. The van der Waals surface area contributed by atoms with Gasteiger partial charge in [-0.2, -0.15) is 4.58 Å². The SMILES string of the molecule is CC(C)N1/C(=C/C2=C(C3=C(O)c4ccccc4C3=O)C(=C/C3=[N+](C(C)C)c4ccccc4C3(C)C)/C2=O)C(C)(C)c2ccccc21. The number of aliphatic hydroxyl groups is 1. The number of Topliss-reactive ketones (excluding diaryl/α,β-unsaturated/α-hetero) is 2. The van der Waals surface area contributed by atoms with Crippen LogP contribution in [0.25, 0.3) is 5.76 Å². The van der Waals surface area contributed by atoms with Crippen LogP contribution in [0.2, 0.25) is 0 Å². The Morgan fingerprint density at radius 1 is 0.717 bits per heavy atom. The van der Waals surface area contributed by atoms with Crippen LogP contribution < -0.4 is 4.90 Å². The fraction of sp³-hybridized carbons (Fsp3) is 0.293. The van der Waals surface area contributed by atoms with Crippen LogP contribution in [0, 0.1) is 0 Å². The number of fused-ring (bicyclic) bond motifs is 3. The molecule has 0 atom stereocenters. The van der Waals surface area contributed by atoms with Crippen LogP contribution >= 0.6 is 0 Å². The first-order chi connectivity index (χ1) is 21.8. The maximum absolute atomic E-state index is 14.5. The van der Waals surface area contributed by atoms with E-state index in [-0.39, 0.29) is 45.8 Å². The van der Waals surface area contributed by atoms with E-state index in [1.54, 1.807) is 18.2 Å².